The molecule has 4 aromatic rings. The first kappa shape index (κ1) is 31.1. The molecule has 44 heavy (non-hydrogen) atoms. The summed E-state index contributed by atoms with van der Waals surface area (Å²) in [5, 5.41) is 14.0. The molecule has 0 spiro atoms. The van der Waals surface area contributed by atoms with Crippen molar-refractivity contribution in [1.29, 1.82) is 0 Å². The number of pyridine rings is 1. The Kier molecular flexibility index (Phi) is 7.56. The van der Waals surface area contributed by atoms with Crippen LogP contribution in [-0.4, -0.2) is 52.6 Å². The van der Waals surface area contributed by atoms with Crippen LogP contribution in [0.3, 0.4) is 0 Å². The van der Waals surface area contributed by atoms with E-state index in [9.17, 15) is 19.1 Å². The zero-order valence-corrected chi connectivity index (χ0v) is 26.7. The Bertz CT molecular complexity index is 1810. The molecule has 5 rings (SSSR count). The Hall–Kier alpha value is -4.32. The SMILES string of the molecule is CC(C)n1c(=O)c2cnc(Nc3ccc4c(c3)CCN(C(=O)OC(C)(C)C)C4(C)C)nc2n1-c1ccc(F)c(C(C)(C)O)n1. The van der Waals surface area contributed by atoms with Crippen molar-refractivity contribution in [2.45, 2.75) is 91.5 Å². The van der Waals surface area contributed by atoms with Crippen LogP contribution in [0.2, 0.25) is 0 Å². The van der Waals surface area contributed by atoms with Crippen molar-refractivity contribution in [2.24, 2.45) is 0 Å². The van der Waals surface area contributed by atoms with Crippen LogP contribution in [0.4, 0.5) is 20.8 Å². The number of rotatable bonds is 5. The molecule has 0 bridgehead atoms. The smallest absolute Gasteiger partial charge is 0.411 e. The van der Waals surface area contributed by atoms with Gasteiger partial charge in [0.2, 0.25) is 5.95 Å². The van der Waals surface area contributed by atoms with E-state index < -0.39 is 22.6 Å². The van der Waals surface area contributed by atoms with Gasteiger partial charge in [-0.15, -0.1) is 0 Å². The van der Waals surface area contributed by atoms with Gasteiger partial charge in [0.25, 0.3) is 5.56 Å². The highest BCUT2D eigenvalue weighted by atomic mass is 19.1. The van der Waals surface area contributed by atoms with Gasteiger partial charge in [0.05, 0.1) is 5.54 Å². The summed E-state index contributed by atoms with van der Waals surface area (Å²) in [5.41, 5.74) is -0.0450. The van der Waals surface area contributed by atoms with E-state index in [0.29, 0.717) is 13.0 Å². The molecule has 12 heteroatoms. The Morgan fingerprint density at radius 2 is 1.82 bits per heavy atom. The Labute approximate surface area is 255 Å². The molecule has 234 valence electrons. The molecular formula is C32H40FN7O4. The third-order valence-corrected chi connectivity index (χ3v) is 7.65. The van der Waals surface area contributed by atoms with Crippen molar-refractivity contribution in [3.05, 3.63) is 69.5 Å². The maximum absolute atomic E-state index is 14.6. The number of carbonyl (C=O) groups excluding carboxylic acids is 1. The number of aromatic nitrogens is 5. The van der Waals surface area contributed by atoms with Crippen molar-refractivity contribution < 1.29 is 19.0 Å². The van der Waals surface area contributed by atoms with Gasteiger partial charge < -0.3 is 15.2 Å². The highest BCUT2D eigenvalue weighted by molar-refractivity contribution is 5.77. The summed E-state index contributed by atoms with van der Waals surface area (Å²) < 4.78 is 23.3. The highest BCUT2D eigenvalue weighted by Gasteiger charge is 2.39. The standard InChI is InChI=1S/C32H40FN7O4/c1-18(2)39-27(41)21-17-34-28(37-26(21)40(39)24-13-12-23(33)25(36-24)32(8,9)43)35-20-10-11-22-19(16-20)14-15-38(31(22,6)7)29(42)44-30(3,4)5/h10-13,16-18,43H,14-15H2,1-9H3,(H,34,35,37). The van der Waals surface area contributed by atoms with Crippen LogP contribution in [0.5, 0.6) is 0 Å². The predicted octanol–water partition coefficient (Wildman–Crippen LogP) is 5.70. The number of halogens is 1. The Morgan fingerprint density at radius 1 is 1.11 bits per heavy atom. The first-order valence-corrected chi connectivity index (χ1v) is 14.7. The maximum Gasteiger partial charge on any atom is 0.411 e. The van der Waals surface area contributed by atoms with Crippen molar-refractivity contribution >= 4 is 28.8 Å². The number of hydrogen-bond donors (Lipinski definition) is 2. The molecule has 1 aliphatic heterocycles. The second kappa shape index (κ2) is 10.7. The van der Waals surface area contributed by atoms with Crippen molar-refractivity contribution in [3.63, 3.8) is 0 Å². The van der Waals surface area contributed by atoms with E-state index in [2.05, 4.69) is 20.3 Å². The molecule has 0 saturated carbocycles. The molecular weight excluding hydrogens is 565 g/mol. The van der Waals surface area contributed by atoms with E-state index in [1.165, 1.54) is 41.5 Å². The second-order valence-electron chi connectivity index (χ2n) is 13.5. The lowest BCUT2D eigenvalue weighted by Crippen LogP contribution is -2.51. The minimum atomic E-state index is -1.54. The van der Waals surface area contributed by atoms with Gasteiger partial charge in [-0.2, -0.15) is 4.98 Å². The quantitative estimate of drug-likeness (QED) is 0.297. The molecule has 4 heterocycles. The summed E-state index contributed by atoms with van der Waals surface area (Å²) in [5.74, 6) is -0.167. The maximum atomic E-state index is 14.6. The van der Waals surface area contributed by atoms with Gasteiger partial charge in [0.15, 0.2) is 11.5 Å². The minimum Gasteiger partial charge on any atom is -0.444 e. The normalized spacial score (nSPS) is 15.0. The third-order valence-electron chi connectivity index (χ3n) is 7.65. The van der Waals surface area contributed by atoms with Crippen molar-refractivity contribution in [3.8, 4) is 5.82 Å². The molecule has 11 nitrogen and oxygen atoms in total. The highest BCUT2D eigenvalue weighted by Crippen LogP contribution is 2.37. The Balaban J connectivity index is 1.52. The van der Waals surface area contributed by atoms with Crippen LogP contribution >= 0.6 is 0 Å². The average molecular weight is 606 g/mol. The second-order valence-corrected chi connectivity index (χ2v) is 13.5. The van der Waals surface area contributed by atoms with Crippen LogP contribution in [0.1, 0.15) is 85.2 Å². The number of ether oxygens (including phenoxy) is 1. The number of fused-ring (bicyclic) bond motifs is 2. The molecule has 0 saturated heterocycles. The van der Waals surface area contributed by atoms with Crippen LogP contribution < -0.4 is 10.9 Å². The predicted molar refractivity (Wildman–Crippen MR) is 166 cm³/mol. The molecule has 0 aliphatic carbocycles. The molecule has 1 aromatic carbocycles. The van der Waals surface area contributed by atoms with Gasteiger partial charge in [-0.25, -0.2) is 28.5 Å². The van der Waals surface area contributed by atoms with E-state index in [-0.39, 0.29) is 46.2 Å². The van der Waals surface area contributed by atoms with E-state index in [0.717, 1.165) is 16.8 Å². The molecule has 0 unspecified atom stereocenters. The number of carbonyl (C=O) groups is 1. The van der Waals surface area contributed by atoms with Gasteiger partial charge in [0.1, 0.15) is 28.1 Å². The molecule has 0 fully saturated rings. The first-order valence-electron chi connectivity index (χ1n) is 14.7. The fourth-order valence-corrected chi connectivity index (χ4v) is 5.62. The number of hydrogen-bond acceptors (Lipinski definition) is 8. The number of benzene rings is 1. The number of nitrogens with zero attached hydrogens (tertiary/aromatic N) is 6. The zero-order chi connectivity index (χ0) is 32.4. The van der Waals surface area contributed by atoms with Gasteiger partial charge in [-0.1, -0.05) is 6.07 Å². The Morgan fingerprint density at radius 3 is 2.45 bits per heavy atom. The molecule has 1 amide bonds. The van der Waals surface area contributed by atoms with Gasteiger partial charge in [-0.3, -0.25) is 9.69 Å². The summed E-state index contributed by atoms with van der Waals surface area (Å²) in [6.07, 6.45) is 1.76. The summed E-state index contributed by atoms with van der Waals surface area (Å²) in [6, 6.07) is 8.28. The molecule has 3 aromatic heterocycles. The number of amides is 1. The average Bonchev–Trinajstić information content (AvgIpc) is 3.18. The van der Waals surface area contributed by atoms with Gasteiger partial charge >= 0.3 is 6.09 Å². The largest absolute Gasteiger partial charge is 0.444 e. The molecule has 2 N–H and O–H groups in total. The van der Waals surface area contributed by atoms with Crippen LogP contribution in [-0.2, 0) is 22.3 Å². The van der Waals surface area contributed by atoms with Crippen LogP contribution in [0.15, 0.2) is 41.3 Å². The third kappa shape index (κ3) is 5.66. The number of anilines is 2. The fraction of sp³-hybridized carbons (Fsp3) is 0.469. The topological polar surface area (TPSA) is 127 Å². The lowest BCUT2D eigenvalue weighted by Gasteiger charge is -2.44. The van der Waals surface area contributed by atoms with Gasteiger partial charge in [-0.05, 0) is 104 Å². The monoisotopic (exact) mass is 605 g/mol. The summed E-state index contributed by atoms with van der Waals surface area (Å²) in [4.78, 5) is 41.6. The van der Waals surface area contributed by atoms with E-state index in [4.69, 9.17) is 4.74 Å². The van der Waals surface area contributed by atoms with Crippen LogP contribution in [0, 0.1) is 5.82 Å². The summed E-state index contributed by atoms with van der Waals surface area (Å²) in [6.45, 7) is 16.7. The van der Waals surface area contributed by atoms with Crippen LogP contribution in [0.25, 0.3) is 16.9 Å². The fourth-order valence-electron chi connectivity index (χ4n) is 5.62. The molecule has 0 radical (unpaired) electrons. The van der Waals surface area contributed by atoms with E-state index in [1.807, 2.05) is 66.7 Å². The van der Waals surface area contributed by atoms with E-state index >= 15 is 0 Å². The number of aliphatic hydroxyl groups is 1. The zero-order valence-electron chi connectivity index (χ0n) is 26.7. The first-order chi connectivity index (χ1) is 20.4. The summed E-state index contributed by atoms with van der Waals surface area (Å²) in [7, 11) is 0. The number of nitrogens with one attached hydrogen (secondary N) is 1. The molecule has 0 atom stereocenters. The minimum absolute atomic E-state index is 0.144. The van der Waals surface area contributed by atoms with Crippen molar-refractivity contribution in [2.75, 3.05) is 11.9 Å². The summed E-state index contributed by atoms with van der Waals surface area (Å²) >= 11 is 0. The lowest BCUT2D eigenvalue weighted by atomic mass is 9.83. The van der Waals surface area contributed by atoms with E-state index in [1.54, 1.807) is 4.90 Å². The molecule has 1 aliphatic rings. The van der Waals surface area contributed by atoms with Gasteiger partial charge in [0, 0.05) is 24.5 Å². The van der Waals surface area contributed by atoms with Crippen molar-refractivity contribution in [1.82, 2.24) is 29.2 Å². The lowest BCUT2D eigenvalue weighted by molar-refractivity contribution is -0.000311.